The van der Waals surface area contributed by atoms with Crippen molar-refractivity contribution in [3.05, 3.63) is 23.6 Å². The SMILES string of the molecule is CC[C@H]1CO[C@H]2CC(OC(O)[C@@H]3CC=C(NC(=N)N)CC3)=CC[C@@H]12. The molecule has 5 atom stereocenters. The van der Waals surface area contributed by atoms with Gasteiger partial charge in [0.25, 0.3) is 0 Å². The Hall–Kier alpha value is -1.53. The van der Waals surface area contributed by atoms with Crippen LogP contribution in [-0.2, 0) is 9.47 Å². The summed E-state index contributed by atoms with van der Waals surface area (Å²) < 4.78 is 11.8. The summed E-state index contributed by atoms with van der Waals surface area (Å²) in [5, 5.41) is 20.5. The Morgan fingerprint density at radius 3 is 3.00 bits per heavy atom. The van der Waals surface area contributed by atoms with Crippen molar-refractivity contribution < 1.29 is 14.6 Å². The van der Waals surface area contributed by atoms with Crippen molar-refractivity contribution in [3.63, 3.8) is 0 Å². The quantitative estimate of drug-likeness (QED) is 0.351. The van der Waals surface area contributed by atoms with Crippen molar-refractivity contribution in [1.82, 2.24) is 5.32 Å². The summed E-state index contributed by atoms with van der Waals surface area (Å²) in [6, 6.07) is 0. The summed E-state index contributed by atoms with van der Waals surface area (Å²) in [7, 11) is 0. The van der Waals surface area contributed by atoms with E-state index < -0.39 is 6.29 Å². The molecular formula is C18H29N3O3. The maximum atomic E-state index is 10.4. The fraction of sp³-hybridized carbons (Fsp3) is 0.722. The van der Waals surface area contributed by atoms with E-state index in [9.17, 15) is 5.11 Å². The van der Waals surface area contributed by atoms with Gasteiger partial charge in [0, 0.05) is 18.0 Å². The van der Waals surface area contributed by atoms with Crippen LogP contribution in [0.3, 0.4) is 0 Å². The van der Waals surface area contributed by atoms with Crippen LogP contribution in [0.25, 0.3) is 0 Å². The molecular weight excluding hydrogens is 306 g/mol. The lowest BCUT2D eigenvalue weighted by Gasteiger charge is -2.31. The number of ether oxygens (including phenoxy) is 2. The van der Waals surface area contributed by atoms with E-state index in [0.717, 1.165) is 50.2 Å². The van der Waals surface area contributed by atoms with Crippen LogP contribution in [0.5, 0.6) is 0 Å². The van der Waals surface area contributed by atoms with Gasteiger partial charge in [-0.25, -0.2) is 0 Å². The number of nitrogens with two attached hydrogens (primary N) is 1. The Kier molecular flexibility index (Phi) is 5.46. The molecule has 134 valence electrons. The highest BCUT2D eigenvalue weighted by Gasteiger charge is 2.39. The predicted molar refractivity (Wildman–Crippen MR) is 91.9 cm³/mol. The molecule has 0 aromatic rings. The van der Waals surface area contributed by atoms with E-state index in [-0.39, 0.29) is 18.0 Å². The van der Waals surface area contributed by atoms with Gasteiger partial charge in [-0.3, -0.25) is 5.41 Å². The number of hydrogen-bond donors (Lipinski definition) is 4. The van der Waals surface area contributed by atoms with Gasteiger partial charge in [0.2, 0.25) is 0 Å². The maximum absolute atomic E-state index is 10.4. The van der Waals surface area contributed by atoms with E-state index in [1.807, 2.05) is 6.08 Å². The second-order valence-corrected chi connectivity index (χ2v) is 7.13. The monoisotopic (exact) mass is 335 g/mol. The molecule has 1 heterocycles. The molecule has 6 heteroatoms. The second kappa shape index (κ2) is 7.57. The molecule has 6 nitrogen and oxygen atoms in total. The van der Waals surface area contributed by atoms with Gasteiger partial charge >= 0.3 is 0 Å². The molecule has 5 N–H and O–H groups in total. The van der Waals surface area contributed by atoms with Gasteiger partial charge < -0.3 is 25.6 Å². The first-order valence-corrected chi connectivity index (χ1v) is 9.02. The Balaban J connectivity index is 1.50. The molecule has 1 fully saturated rings. The molecule has 1 saturated heterocycles. The third kappa shape index (κ3) is 3.92. The Morgan fingerprint density at radius 1 is 1.50 bits per heavy atom. The van der Waals surface area contributed by atoms with Gasteiger partial charge in [0.1, 0.15) is 0 Å². The van der Waals surface area contributed by atoms with Gasteiger partial charge in [-0.05, 0) is 43.6 Å². The number of aliphatic hydroxyl groups excluding tert-OH is 1. The van der Waals surface area contributed by atoms with E-state index in [2.05, 4.69) is 18.3 Å². The summed E-state index contributed by atoms with van der Waals surface area (Å²) >= 11 is 0. The molecule has 24 heavy (non-hydrogen) atoms. The second-order valence-electron chi connectivity index (χ2n) is 7.13. The largest absolute Gasteiger partial charge is 0.469 e. The molecule has 0 amide bonds. The minimum absolute atomic E-state index is 0.0413. The number of allylic oxidation sites excluding steroid dienone is 3. The minimum atomic E-state index is -0.786. The lowest BCUT2D eigenvalue weighted by molar-refractivity contribution is -0.114. The zero-order valence-corrected chi connectivity index (χ0v) is 14.3. The zero-order valence-electron chi connectivity index (χ0n) is 14.3. The number of guanidine groups is 1. The Morgan fingerprint density at radius 2 is 2.33 bits per heavy atom. The normalized spacial score (nSPS) is 33.9. The van der Waals surface area contributed by atoms with E-state index in [0.29, 0.717) is 11.8 Å². The fourth-order valence-electron chi connectivity index (χ4n) is 4.07. The van der Waals surface area contributed by atoms with Crippen LogP contribution in [0.1, 0.15) is 45.4 Å². The highest BCUT2D eigenvalue weighted by molar-refractivity contribution is 5.76. The fourth-order valence-corrected chi connectivity index (χ4v) is 4.07. The molecule has 0 radical (unpaired) electrons. The van der Waals surface area contributed by atoms with Crippen molar-refractivity contribution in [3.8, 4) is 0 Å². The van der Waals surface area contributed by atoms with Gasteiger partial charge in [-0.1, -0.05) is 19.4 Å². The first-order chi connectivity index (χ1) is 11.6. The first kappa shape index (κ1) is 17.3. The smallest absolute Gasteiger partial charge is 0.200 e. The van der Waals surface area contributed by atoms with Crippen LogP contribution in [-0.4, -0.2) is 30.1 Å². The van der Waals surface area contributed by atoms with Crippen molar-refractivity contribution >= 4 is 5.96 Å². The van der Waals surface area contributed by atoms with Gasteiger partial charge in [0.05, 0.1) is 18.5 Å². The molecule has 0 aromatic carbocycles. The van der Waals surface area contributed by atoms with Crippen LogP contribution >= 0.6 is 0 Å². The van der Waals surface area contributed by atoms with E-state index in [1.54, 1.807) is 0 Å². The summed E-state index contributed by atoms with van der Waals surface area (Å²) in [5.41, 5.74) is 6.30. The molecule has 0 bridgehead atoms. The average molecular weight is 335 g/mol. The number of nitrogens with one attached hydrogen (secondary N) is 2. The lowest BCUT2D eigenvalue weighted by Crippen LogP contribution is -2.33. The number of aliphatic hydroxyl groups is 1. The van der Waals surface area contributed by atoms with Crippen molar-refractivity contribution in [2.75, 3.05) is 6.61 Å². The summed E-state index contributed by atoms with van der Waals surface area (Å²) in [5.74, 6) is 2.18. The maximum Gasteiger partial charge on any atom is 0.200 e. The molecule has 3 aliphatic rings. The third-order valence-electron chi connectivity index (χ3n) is 5.57. The predicted octanol–water partition coefficient (Wildman–Crippen LogP) is 2.21. The minimum Gasteiger partial charge on any atom is -0.469 e. The molecule has 0 spiro atoms. The number of fused-ring (bicyclic) bond motifs is 1. The highest BCUT2D eigenvalue weighted by Crippen LogP contribution is 2.40. The standard InChI is InChI=1S/C18H29N3O3/c1-2-11-10-23-16-9-14(7-8-15(11)16)24-17(22)12-3-5-13(6-4-12)21-18(19)20/h5,7,11-12,15-17,22H,2-4,6,8-10H2,1H3,(H4,19,20,21)/t11-,12+,15-,16-,17?/m0/s1. The molecule has 0 saturated carbocycles. The molecule has 1 unspecified atom stereocenters. The average Bonchev–Trinajstić information content (AvgIpc) is 2.97. The topological polar surface area (TPSA) is 101 Å². The van der Waals surface area contributed by atoms with Crippen LogP contribution < -0.4 is 11.1 Å². The first-order valence-electron chi connectivity index (χ1n) is 9.02. The van der Waals surface area contributed by atoms with Crippen LogP contribution in [0, 0.1) is 23.2 Å². The third-order valence-corrected chi connectivity index (χ3v) is 5.57. The summed E-state index contributed by atoms with van der Waals surface area (Å²) in [6.45, 7) is 3.08. The number of hydrogen-bond acceptors (Lipinski definition) is 4. The van der Waals surface area contributed by atoms with Gasteiger partial charge in [0.15, 0.2) is 12.2 Å². The molecule has 3 rings (SSSR count). The van der Waals surface area contributed by atoms with E-state index in [1.165, 1.54) is 6.42 Å². The highest BCUT2D eigenvalue weighted by atomic mass is 16.6. The molecule has 0 aromatic heterocycles. The van der Waals surface area contributed by atoms with Crippen LogP contribution in [0.2, 0.25) is 0 Å². The van der Waals surface area contributed by atoms with Crippen molar-refractivity contribution in [1.29, 1.82) is 5.41 Å². The zero-order chi connectivity index (χ0) is 17.1. The van der Waals surface area contributed by atoms with Crippen molar-refractivity contribution in [2.24, 2.45) is 23.5 Å². The lowest BCUT2D eigenvalue weighted by atomic mass is 9.82. The number of rotatable bonds is 5. The Labute approximate surface area is 143 Å². The summed E-state index contributed by atoms with van der Waals surface area (Å²) in [4.78, 5) is 0. The summed E-state index contributed by atoms with van der Waals surface area (Å²) in [6.07, 6.45) is 8.86. The molecule has 2 aliphatic carbocycles. The molecule has 1 aliphatic heterocycles. The van der Waals surface area contributed by atoms with E-state index in [4.69, 9.17) is 20.6 Å². The van der Waals surface area contributed by atoms with Crippen LogP contribution in [0.15, 0.2) is 23.6 Å². The van der Waals surface area contributed by atoms with E-state index >= 15 is 0 Å². The Bertz CT molecular complexity index is 532. The van der Waals surface area contributed by atoms with Gasteiger partial charge in [-0.15, -0.1) is 0 Å². The van der Waals surface area contributed by atoms with Crippen LogP contribution in [0.4, 0.5) is 0 Å². The van der Waals surface area contributed by atoms with Crippen molar-refractivity contribution in [2.45, 2.75) is 57.8 Å². The van der Waals surface area contributed by atoms with Gasteiger partial charge in [-0.2, -0.15) is 0 Å².